The van der Waals surface area contributed by atoms with Crippen LogP contribution >= 0.6 is 11.6 Å². The molecule has 0 aliphatic carbocycles. The van der Waals surface area contributed by atoms with Gasteiger partial charge in [-0.3, -0.25) is 4.79 Å². The fraction of sp³-hybridized carbons (Fsp3) is 0.350. The first-order chi connectivity index (χ1) is 13.8. The van der Waals surface area contributed by atoms with Crippen molar-refractivity contribution in [3.63, 3.8) is 0 Å². The summed E-state index contributed by atoms with van der Waals surface area (Å²) in [5, 5.41) is 3.24. The van der Waals surface area contributed by atoms with Crippen LogP contribution < -0.4 is 15.0 Å². The summed E-state index contributed by atoms with van der Waals surface area (Å²) in [6.45, 7) is 4.56. The van der Waals surface area contributed by atoms with E-state index in [9.17, 15) is 13.2 Å². The molecule has 0 unspecified atom stereocenters. The Morgan fingerprint density at radius 2 is 1.76 bits per heavy atom. The third-order valence-corrected chi connectivity index (χ3v) is 6.29. The van der Waals surface area contributed by atoms with Gasteiger partial charge in [0.05, 0.1) is 17.9 Å². The molecule has 0 aromatic heterocycles. The zero-order chi connectivity index (χ0) is 21.0. The van der Waals surface area contributed by atoms with Crippen LogP contribution in [0.4, 0.5) is 11.4 Å². The van der Waals surface area contributed by atoms with Crippen LogP contribution in [0.1, 0.15) is 17.3 Å². The van der Waals surface area contributed by atoms with E-state index in [1.807, 2.05) is 31.2 Å². The minimum Gasteiger partial charge on any atom is -0.492 e. The lowest BCUT2D eigenvalue weighted by Crippen LogP contribution is -2.48. The van der Waals surface area contributed by atoms with E-state index in [2.05, 4.69) is 10.2 Å². The van der Waals surface area contributed by atoms with Crippen molar-refractivity contribution in [1.29, 1.82) is 0 Å². The molecular weight excluding hydrogens is 414 g/mol. The van der Waals surface area contributed by atoms with Gasteiger partial charge < -0.3 is 15.0 Å². The first-order valence-corrected chi connectivity index (χ1v) is 11.5. The number of sulfonamides is 1. The number of rotatable bonds is 6. The largest absolute Gasteiger partial charge is 0.492 e. The standard InChI is InChI=1S/C20H24ClN3O4S/c1-3-28-19-9-4-15(14-18(19)21)20(25)22-16-5-7-17(8-6-16)23-10-12-24(13-11-23)29(2,26)27/h4-9,14H,3,10-13H2,1-2H3,(H,22,25). The average molecular weight is 438 g/mol. The van der Waals surface area contributed by atoms with Crippen molar-refractivity contribution in [1.82, 2.24) is 4.31 Å². The minimum atomic E-state index is -3.15. The normalized spacial score (nSPS) is 15.2. The maximum absolute atomic E-state index is 12.5. The van der Waals surface area contributed by atoms with Crippen molar-refractivity contribution in [2.75, 3.05) is 49.3 Å². The maximum Gasteiger partial charge on any atom is 0.255 e. The number of nitrogens with zero attached hydrogens (tertiary/aromatic N) is 2. The van der Waals surface area contributed by atoms with Crippen LogP contribution in [-0.2, 0) is 10.0 Å². The van der Waals surface area contributed by atoms with E-state index in [1.165, 1.54) is 10.6 Å². The van der Waals surface area contributed by atoms with Crippen molar-refractivity contribution in [3.8, 4) is 5.75 Å². The highest BCUT2D eigenvalue weighted by atomic mass is 35.5. The second-order valence-electron chi connectivity index (χ2n) is 6.73. The molecule has 1 N–H and O–H groups in total. The molecule has 0 saturated carbocycles. The zero-order valence-electron chi connectivity index (χ0n) is 16.4. The first-order valence-electron chi connectivity index (χ1n) is 9.32. The van der Waals surface area contributed by atoms with Gasteiger partial charge in [-0.1, -0.05) is 11.6 Å². The van der Waals surface area contributed by atoms with E-state index in [0.29, 0.717) is 54.8 Å². The Morgan fingerprint density at radius 1 is 1.10 bits per heavy atom. The molecule has 1 saturated heterocycles. The van der Waals surface area contributed by atoms with Gasteiger partial charge in [-0.2, -0.15) is 4.31 Å². The molecule has 3 rings (SSSR count). The average Bonchev–Trinajstić information content (AvgIpc) is 2.69. The molecule has 1 amide bonds. The Bertz CT molecular complexity index is 972. The Labute approximate surface area is 176 Å². The Kier molecular flexibility index (Phi) is 6.66. The molecule has 1 fully saturated rings. The molecule has 7 nitrogen and oxygen atoms in total. The molecule has 1 aliphatic rings. The van der Waals surface area contributed by atoms with Gasteiger partial charge in [-0.25, -0.2) is 8.42 Å². The van der Waals surface area contributed by atoms with Crippen molar-refractivity contribution in [3.05, 3.63) is 53.1 Å². The summed E-state index contributed by atoms with van der Waals surface area (Å²) in [7, 11) is -3.15. The summed E-state index contributed by atoms with van der Waals surface area (Å²) in [6, 6.07) is 12.4. The molecule has 9 heteroatoms. The lowest BCUT2D eigenvalue weighted by atomic mass is 10.2. The van der Waals surface area contributed by atoms with Gasteiger partial charge in [-0.05, 0) is 49.4 Å². The topological polar surface area (TPSA) is 79.0 Å². The number of anilines is 2. The highest BCUT2D eigenvalue weighted by molar-refractivity contribution is 7.88. The number of ether oxygens (including phenoxy) is 1. The molecule has 1 heterocycles. The first kappa shape index (κ1) is 21.4. The summed E-state index contributed by atoms with van der Waals surface area (Å²) in [6.07, 6.45) is 1.23. The second-order valence-corrected chi connectivity index (χ2v) is 9.12. The number of amides is 1. The summed E-state index contributed by atoms with van der Waals surface area (Å²) in [5.41, 5.74) is 2.10. The van der Waals surface area contributed by atoms with Crippen LogP contribution in [0.15, 0.2) is 42.5 Å². The monoisotopic (exact) mass is 437 g/mol. The summed E-state index contributed by atoms with van der Waals surface area (Å²) < 4.78 is 30.1. The fourth-order valence-corrected chi connectivity index (χ4v) is 4.21. The molecule has 0 bridgehead atoms. The third kappa shape index (κ3) is 5.41. The Hall–Kier alpha value is -2.29. The smallest absolute Gasteiger partial charge is 0.255 e. The van der Waals surface area contributed by atoms with E-state index in [0.717, 1.165) is 5.69 Å². The van der Waals surface area contributed by atoms with Crippen LogP contribution in [0.5, 0.6) is 5.75 Å². The summed E-state index contributed by atoms with van der Waals surface area (Å²) in [5.74, 6) is 0.288. The molecule has 0 atom stereocenters. The Balaban J connectivity index is 1.61. The highest BCUT2D eigenvalue weighted by Crippen LogP contribution is 2.26. The molecule has 2 aromatic rings. The van der Waals surface area contributed by atoms with Crippen LogP contribution in [0.3, 0.4) is 0 Å². The zero-order valence-corrected chi connectivity index (χ0v) is 18.0. The van der Waals surface area contributed by atoms with Crippen LogP contribution in [0.25, 0.3) is 0 Å². The van der Waals surface area contributed by atoms with E-state index < -0.39 is 10.0 Å². The number of nitrogens with one attached hydrogen (secondary N) is 1. The molecule has 0 spiro atoms. The predicted molar refractivity (Wildman–Crippen MR) is 116 cm³/mol. The van der Waals surface area contributed by atoms with Crippen molar-refractivity contribution >= 4 is 38.9 Å². The predicted octanol–water partition coefficient (Wildman–Crippen LogP) is 3.07. The second kappa shape index (κ2) is 9.02. The van der Waals surface area contributed by atoms with Crippen molar-refractivity contribution in [2.45, 2.75) is 6.92 Å². The lowest BCUT2D eigenvalue weighted by Gasteiger charge is -2.34. The van der Waals surface area contributed by atoms with Gasteiger partial charge in [0, 0.05) is 43.1 Å². The van der Waals surface area contributed by atoms with Gasteiger partial charge in [0.1, 0.15) is 5.75 Å². The van der Waals surface area contributed by atoms with Crippen LogP contribution in [0.2, 0.25) is 5.02 Å². The van der Waals surface area contributed by atoms with E-state index >= 15 is 0 Å². The van der Waals surface area contributed by atoms with Gasteiger partial charge in [-0.15, -0.1) is 0 Å². The molecule has 2 aromatic carbocycles. The molecule has 29 heavy (non-hydrogen) atoms. The fourth-order valence-electron chi connectivity index (χ4n) is 3.15. The van der Waals surface area contributed by atoms with E-state index in [-0.39, 0.29) is 5.91 Å². The van der Waals surface area contributed by atoms with E-state index in [4.69, 9.17) is 16.3 Å². The highest BCUT2D eigenvalue weighted by Gasteiger charge is 2.23. The number of carbonyl (C=O) groups excluding carboxylic acids is 1. The number of piperazine rings is 1. The number of carbonyl (C=O) groups is 1. The van der Waals surface area contributed by atoms with Gasteiger partial charge in [0.25, 0.3) is 5.91 Å². The number of halogens is 1. The van der Waals surface area contributed by atoms with Crippen molar-refractivity contribution in [2.24, 2.45) is 0 Å². The summed E-state index contributed by atoms with van der Waals surface area (Å²) in [4.78, 5) is 14.6. The van der Waals surface area contributed by atoms with Crippen molar-refractivity contribution < 1.29 is 17.9 Å². The van der Waals surface area contributed by atoms with Gasteiger partial charge in [0.2, 0.25) is 10.0 Å². The van der Waals surface area contributed by atoms with Crippen LogP contribution in [-0.4, -0.2) is 57.7 Å². The van der Waals surface area contributed by atoms with Gasteiger partial charge in [0.15, 0.2) is 0 Å². The number of benzene rings is 2. The lowest BCUT2D eigenvalue weighted by molar-refractivity contribution is 0.102. The van der Waals surface area contributed by atoms with Gasteiger partial charge >= 0.3 is 0 Å². The maximum atomic E-state index is 12.5. The minimum absolute atomic E-state index is 0.260. The molecule has 1 aliphatic heterocycles. The SMILES string of the molecule is CCOc1ccc(C(=O)Nc2ccc(N3CCN(S(C)(=O)=O)CC3)cc2)cc1Cl. The van der Waals surface area contributed by atoms with E-state index in [1.54, 1.807) is 18.2 Å². The summed E-state index contributed by atoms with van der Waals surface area (Å²) >= 11 is 6.15. The van der Waals surface area contributed by atoms with Crippen LogP contribution in [0, 0.1) is 0 Å². The number of hydrogen-bond donors (Lipinski definition) is 1. The molecule has 0 radical (unpaired) electrons. The number of hydrogen-bond acceptors (Lipinski definition) is 5. The Morgan fingerprint density at radius 3 is 2.31 bits per heavy atom. The molecular formula is C20H24ClN3O4S. The quantitative estimate of drug-likeness (QED) is 0.751. The third-order valence-electron chi connectivity index (χ3n) is 4.69. The molecule has 156 valence electrons.